The molecule has 0 aromatic heterocycles. The Bertz CT molecular complexity index is 726. The second-order valence-electron chi connectivity index (χ2n) is 7.67. The zero-order valence-corrected chi connectivity index (χ0v) is 16.9. The summed E-state index contributed by atoms with van der Waals surface area (Å²) in [4.78, 5) is 23.2. The molecule has 1 aromatic carbocycles. The molecule has 6 nitrogen and oxygen atoms in total. The molecule has 7 heteroatoms. The maximum absolute atomic E-state index is 11.7. The van der Waals surface area contributed by atoms with E-state index in [0.29, 0.717) is 6.54 Å². The SMILES string of the molecule is COC(=O)Cc1ccccc1C=C(CNC(C)=O)B1OC(C)(C)C(C)(C)O1. The first kappa shape index (κ1) is 21.2. The number of benzene rings is 1. The maximum Gasteiger partial charge on any atom is 0.492 e. The van der Waals surface area contributed by atoms with Crippen LogP contribution in [0.1, 0.15) is 45.7 Å². The number of nitrogens with one attached hydrogen (secondary N) is 1. The quantitative estimate of drug-likeness (QED) is 0.613. The van der Waals surface area contributed by atoms with Crippen molar-refractivity contribution in [3.63, 3.8) is 0 Å². The Hall–Kier alpha value is -2.12. The van der Waals surface area contributed by atoms with Gasteiger partial charge in [0.1, 0.15) is 0 Å². The first-order valence-electron chi connectivity index (χ1n) is 9.01. The Kier molecular flexibility index (Phi) is 6.49. The van der Waals surface area contributed by atoms with E-state index in [2.05, 4.69) is 5.32 Å². The molecule has 2 rings (SSSR count). The normalized spacial score (nSPS) is 18.3. The Morgan fingerprint density at radius 3 is 2.30 bits per heavy atom. The highest BCUT2D eigenvalue weighted by atomic mass is 16.7. The zero-order valence-electron chi connectivity index (χ0n) is 16.9. The second kappa shape index (κ2) is 8.27. The molecule has 0 spiro atoms. The van der Waals surface area contributed by atoms with Crippen molar-refractivity contribution in [1.82, 2.24) is 5.32 Å². The smallest absolute Gasteiger partial charge is 0.469 e. The Labute approximate surface area is 161 Å². The lowest BCUT2D eigenvalue weighted by Crippen LogP contribution is -2.41. The largest absolute Gasteiger partial charge is 0.492 e. The molecule has 1 fully saturated rings. The molecule has 0 aliphatic carbocycles. The predicted molar refractivity (Wildman–Crippen MR) is 105 cm³/mol. The van der Waals surface area contributed by atoms with Gasteiger partial charge in [0.25, 0.3) is 0 Å². The third kappa shape index (κ3) is 5.20. The van der Waals surface area contributed by atoms with Crippen LogP contribution in [-0.4, -0.2) is 43.9 Å². The minimum absolute atomic E-state index is 0.139. The highest BCUT2D eigenvalue weighted by Gasteiger charge is 2.52. The minimum atomic E-state index is -0.590. The number of methoxy groups -OCH3 is 1. The molecule has 0 atom stereocenters. The summed E-state index contributed by atoms with van der Waals surface area (Å²) in [5, 5.41) is 2.81. The molecule has 1 aliphatic rings. The van der Waals surface area contributed by atoms with E-state index in [9.17, 15) is 9.59 Å². The first-order chi connectivity index (χ1) is 12.6. The fourth-order valence-electron chi connectivity index (χ4n) is 2.69. The third-order valence-electron chi connectivity index (χ3n) is 5.06. The lowest BCUT2D eigenvalue weighted by atomic mass is 9.76. The van der Waals surface area contributed by atoms with E-state index in [1.165, 1.54) is 14.0 Å². The summed E-state index contributed by atoms with van der Waals surface area (Å²) in [6.45, 7) is 9.68. The Morgan fingerprint density at radius 1 is 1.15 bits per heavy atom. The van der Waals surface area contributed by atoms with Crippen LogP contribution in [-0.2, 0) is 30.1 Å². The summed E-state index contributed by atoms with van der Waals surface area (Å²) < 4.78 is 17.1. The molecule has 1 aliphatic heterocycles. The van der Waals surface area contributed by atoms with Gasteiger partial charge in [-0.2, -0.15) is 0 Å². The number of amides is 1. The van der Waals surface area contributed by atoms with Crippen LogP contribution in [0.15, 0.2) is 29.7 Å². The number of ether oxygens (including phenoxy) is 1. The molecule has 0 radical (unpaired) electrons. The number of hydrogen-bond acceptors (Lipinski definition) is 5. The van der Waals surface area contributed by atoms with Crippen molar-refractivity contribution in [2.75, 3.05) is 13.7 Å². The highest BCUT2D eigenvalue weighted by Crippen LogP contribution is 2.38. The second-order valence-corrected chi connectivity index (χ2v) is 7.67. The van der Waals surface area contributed by atoms with E-state index in [1.54, 1.807) is 0 Å². The lowest BCUT2D eigenvalue weighted by molar-refractivity contribution is -0.139. The van der Waals surface area contributed by atoms with Crippen LogP contribution < -0.4 is 5.32 Å². The van der Waals surface area contributed by atoms with Gasteiger partial charge >= 0.3 is 13.1 Å². The van der Waals surface area contributed by atoms with Crippen molar-refractivity contribution < 1.29 is 23.6 Å². The van der Waals surface area contributed by atoms with Gasteiger partial charge in [-0.15, -0.1) is 0 Å². The standard InChI is InChI=1S/C20H28BNO5/c1-14(23)22-13-17(21-26-19(2,3)20(4,5)27-21)11-15-9-7-8-10-16(15)12-18(24)25-6/h7-11H,12-13H2,1-6H3,(H,22,23). The van der Waals surface area contributed by atoms with Crippen LogP contribution in [0.2, 0.25) is 0 Å². The van der Waals surface area contributed by atoms with Gasteiger partial charge in [-0.3, -0.25) is 9.59 Å². The molecule has 1 N–H and O–H groups in total. The number of rotatable bonds is 6. The fraction of sp³-hybridized carbons (Fsp3) is 0.500. The molecule has 0 saturated carbocycles. The van der Waals surface area contributed by atoms with Crippen LogP contribution >= 0.6 is 0 Å². The minimum Gasteiger partial charge on any atom is -0.469 e. The summed E-state index contributed by atoms with van der Waals surface area (Å²) in [6, 6.07) is 7.56. The first-order valence-corrected chi connectivity index (χ1v) is 9.01. The molecular weight excluding hydrogens is 345 g/mol. The molecule has 1 aromatic rings. The average Bonchev–Trinajstić information content (AvgIpc) is 2.80. The van der Waals surface area contributed by atoms with Crippen LogP contribution in [0.4, 0.5) is 0 Å². The summed E-state index contributed by atoms with van der Waals surface area (Å²) in [6.07, 6.45) is 2.08. The van der Waals surface area contributed by atoms with Gasteiger partial charge in [0.05, 0.1) is 24.7 Å². The van der Waals surface area contributed by atoms with Crippen molar-refractivity contribution in [3.05, 3.63) is 40.9 Å². The monoisotopic (exact) mass is 373 g/mol. The number of hydrogen-bond donors (Lipinski definition) is 1. The van der Waals surface area contributed by atoms with Gasteiger partial charge in [-0.1, -0.05) is 30.3 Å². The van der Waals surface area contributed by atoms with Crippen molar-refractivity contribution in [3.8, 4) is 0 Å². The molecule has 0 bridgehead atoms. The highest BCUT2D eigenvalue weighted by molar-refractivity contribution is 6.56. The number of esters is 1. The molecule has 1 amide bonds. The maximum atomic E-state index is 11.7. The fourth-order valence-corrected chi connectivity index (χ4v) is 2.69. The molecule has 146 valence electrons. The van der Waals surface area contributed by atoms with Gasteiger partial charge in [-0.25, -0.2) is 0 Å². The summed E-state index contributed by atoms with van der Waals surface area (Å²) >= 11 is 0. The summed E-state index contributed by atoms with van der Waals surface area (Å²) in [5.74, 6) is -0.449. The van der Waals surface area contributed by atoms with E-state index >= 15 is 0 Å². The third-order valence-corrected chi connectivity index (χ3v) is 5.06. The van der Waals surface area contributed by atoms with Gasteiger partial charge in [-0.05, 0) is 44.3 Å². The number of carbonyl (C=O) groups excluding carboxylic acids is 2. The summed E-state index contributed by atoms with van der Waals surface area (Å²) in [7, 11) is 0.779. The molecular formula is C20H28BNO5. The van der Waals surface area contributed by atoms with Crippen LogP contribution in [0.5, 0.6) is 0 Å². The predicted octanol–water partition coefficient (Wildman–Crippen LogP) is 2.55. The zero-order chi connectivity index (χ0) is 20.2. The summed E-state index contributed by atoms with van der Waals surface area (Å²) in [5.41, 5.74) is 1.50. The molecule has 1 saturated heterocycles. The van der Waals surface area contributed by atoms with Gasteiger partial charge in [0, 0.05) is 13.5 Å². The molecule has 1 heterocycles. The van der Waals surface area contributed by atoms with Crippen molar-refractivity contribution in [2.45, 2.75) is 52.2 Å². The number of carbonyl (C=O) groups is 2. The van der Waals surface area contributed by atoms with Crippen LogP contribution in [0, 0.1) is 0 Å². The van der Waals surface area contributed by atoms with Crippen LogP contribution in [0.25, 0.3) is 6.08 Å². The van der Waals surface area contributed by atoms with Gasteiger partial charge < -0.3 is 19.4 Å². The molecule has 27 heavy (non-hydrogen) atoms. The topological polar surface area (TPSA) is 73.9 Å². The van der Waals surface area contributed by atoms with Crippen LogP contribution in [0.3, 0.4) is 0 Å². The Balaban J connectivity index is 2.38. The molecule has 0 unspecified atom stereocenters. The van der Waals surface area contributed by atoms with E-state index in [-0.39, 0.29) is 18.3 Å². The lowest BCUT2D eigenvalue weighted by Gasteiger charge is -2.32. The van der Waals surface area contributed by atoms with E-state index in [1.807, 2.05) is 58.0 Å². The van der Waals surface area contributed by atoms with Crippen molar-refractivity contribution >= 4 is 25.1 Å². The van der Waals surface area contributed by atoms with Gasteiger partial charge in [0.2, 0.25) is 5.91 Å². The Morgan fingerprint density at radius 2 is 1.74 bits per heavy atom. The van der Waals surface area contributed by atoms with Crippen molar-refractivity contribution in [1.29, 1.82) is 0 Å². The van der Waals surface area contributed by atoms with E-state index in [4.69, 9.17) is 14.0 Å². The van der Waals surface area contributed by atoms with E-state index in [0.717, 1.165) is 16.6 Å². The average molecular weight is 373 g/mol. The van der Waals surface area contributed by atoms with Gasteiger partial charge in [0.15, 0.2) is 0 Å². The van der Waals surface area contributed by atoms with E-state index < -0.39 is 18.3 Å². The van der Waals surface area contributed by atoms with Crippen molar-refractivity contribution in [2.24, 2.45) is 0 Å².